The molecule has 16 heavy (non-hydrogen) atoms. The third-order valence-corrected chi connectivity index (χ3v) is 4.11. The minimum absolute atomic E-state index is 0.482. The topological polar surface area (TPSA) is 34.0 Å². The number of nitrogens with zero attached hydrogens (tertiary/aromatic N) is 4. The van der Waals surface area contributed by atoms with Crippen LogP contribution < -0.4 is 4.90 Å². The van der Waals surface area contributed by atoms with Crippen LogP contribution in [-0.2, 0) is 0 Å². The Kier molecular flexibility index (Phi) is 2.48. The SMILES string of the molecule is Cc1csc(N2CC(n3cc(Br)cn3)C2)n1. The highest BCUT2D eigenvalue weighted by molar-refractivity contribution is 9.10. The lowest BCUT2D eigenvalue weighted by molar-refractivity contribution is 0.367. The van der Waals surface area contributed by atoms with Crippen molar-refractivity contribution in [1.82, 2.24) is 14.8 Å². The molecule has 0 spiro atoms. The van der Waals surface area contributed by atoms with Gasteiger partial charge < -0.3 is 4.90 Å². The zero-order valence-corrected chi connectivity index (χ0v) is 11.2. The first-order chi connectivity index (χ1) is 7.72. The summed E-state index contributed by atoms with van der Waals surface area (Å²) in [5.41, 5.74) is 1.10. The molecule has 1 aliphatic rings. The van der Waals surface area contributed by atoms with Crippen LogP contribution in [0.25, 0.3) is 0 Å². The molecule has 0 amide bonds. The molecule has 3 heterocycles. The van der Waals surface area contributed by atoms with Crippen molar-refractivity contribution < 1.29 is 0 Å². The van der Waals surface area contributed by atoms with Gasteiger partial charge in [0.25, 0.3) is 0 Å². The van der Waals surface area contributed by atoms with Crippen molar-refractivity contribution in [2.24, 2.45) is 0 Å². The van der Waals surface area contributed by atoms with Gasteiger partial charge in [0.15, 0.2) is 5.13 Å². The van der Waals surface area contributed by atoms with Crippen molar-refractivity contribution in [3.8, 4) is 0 Å². The van der Waals surface area contributed by atoms with E-state index in [0.29, 0.717) is 6.04 Å². The van der Waals surface area contributed by atoms with Crippen LogP contribution in [0.15, 0.2) is 22.2 Å². The van der Waals surface area contributed by atoms with E-state index in [1.54, 1.807) is 11.3 Å². The zero-order chi connectivity index (χ0) is 11.1. The molecule has 2 aromatic rings. The third-order valence-electron chi connectivity index (χ3n) is 2.68. The second kappa shape index (κ2) is 3.85. The Morgan fingerprint density at radius 3 is 2.88 bits per heavy atom. The molecule has 3 rings (SSSR count). The van der Waals surface area contributed by atoms with E-state index in [2.05, 4.69) is 36.3 Å². The Hall–Kier alpha value is -0.880. The maximum Gasteiger partial charge on any atom is 0.185 e. The average Bonchev–Trinajstić information content (AvgIpc) is 2.74. The van der Waals surface area contributed by atoms with Crippen molar-refractivity contribution in [1.29, 1.82) is 0 Å². The van der Waals surface area contributed by atoms with Crippen LogP contribution in [0.2, 0.25) is 0 Å². The fourth-order valence-electron chi connectivity index (χ4n) is 1.78. The summed E-state index contributed by atoms with van der Waals surface area (Å²) in [7, 11) is 0. The Labute approximate surface area is 106 Å². The Bertz CT molecular complexity index is 456. The fraction of sp³-hybridized carbons (Fsp3) is 0.400. The van der Waals surface area contributed by atoms with E-state index in [9.17, 15) is 0 Å². The maximum absolute atomic E-state index is 4.47. The van der Waals surface area contributed by atoms with Gasteiger partial charge in [0.05, 0.1) is 22.4 Å². The zero-order valence-electron chi connectivity index (χ0n) is 8.80. The molecule has 6 heteroatoms. The highest BCUT2D eigenvalue weighted by Gasteiger charge is 2.30. The molecule has 1 aliphatic heterocycles. The second-order valence-corrected chi connectivity index (χ2v) is 5.72. The highest BCUT2D eigenvalue weighted by Crippen LogP contribution is 2.30. The van der Waals surface area contributed by atoms with Gasteiger partial charge in [-0.1, -0.05) is 0 Å². The van der Waals surface area contributed by atoms with Crippen molar-refractivity contribution >= 4 is 32.4 Å². The molecule has 84 valence electrons. The van der Waals surface area contributed by atoms with Crippen molar-refractivity contribution in [2.75, 3.05) is 18.0 Å². The summed E-state index contributed by atoms with van der Waals surface area (Å²) >= 11 is 5.12. The van der Waals surface area contributed by atoms with Crippen LogP contribution >= 0.6 is 27.3 Å². The van der Waals surface area contributed by atoms with Gasteiger partial charge in [0.1, 0.15) is 0 Å². The summed E-state index contributed by atoms with van der Waals surface area (Å²) in [5.74, 6) is 0. The Morgan fingerprint density at radius 2 is 2.31 bits per heavy atom. The quantitative estimate of drug-likeness (QED) is 0.854. The van der Waals surface area contributed by atoms with Crippen LogP contribution in [0.1, 0.15) is 11.7 Å². The first kappa shape index (κ1) is 10.3. The van der Waals surface area contributed by atoms with Crippen LogP contribution in [0.4, 0.5) is 5.13 Å². The van der Waals surface area contributed by atoms with Crippen LogP contribution in [-0.4, -0.2) is 27.9 Å². The van der Waals surface area contributed by atoms with Gasteiger partial charge >= 0.3 is 0 Å². The first-order valence-electron chi connectivity index (χ1n) is 5.09. The van der Waals surface area contributed by atoms with E-state index in [4.69, 9.17) is 0 Å². The normalized spacial score (nSPS) is 16.5. The first-order valence-corrected chi connectivity index (χ1v) is 6.76. The average molecular weight is 299 g/mol. The number of hydrogen-bond donors (Lipinski definition) is 0. The van der Waals surface area contributed by atoms with Gasteiger partial charge in [-0.05, 0) is 22.9 Å². The lowest BCUT2D eigenvalue weighted by atomic mass is 10.1. The van der Waals surface area contributed by atoms with Gasteiger partial charge in [0.2, 0.25) is 0 Å². The van der Waals surface area contributed by atoms with Gasteiger partial charge in [0, 0.05) is 24.7 Å². The number of aromatic nitrogens is 3. The fourth-order valence-corrected chi connectivity index (χ4v) is 2.91. The number of halogens is 1. The minimum Gasteiger partial charge on any atom is -0.344 e. The van der Waals surface area contributed by atoms with Crippen molar-refractivity contribution in [3.63, 3.8) is 0 Å². The molecule has 0 atom stereocenters. The van der Waals surface area contributed by atoms with Crippen LogP contribution in [0, 0.1) is 6.92 Å². The number of rotatable bonds is 2. The van der Waals surface area contributed by atoms with Crippen LogP contribution in [0.3, 0.4) is 0 Å². The van der Waals surface area contributed by atoms with Gasteiger partial charge in [-0.25, -0.2) is 4.98 Å². The standard InChI is InChI=1S/C10H11BrN4S/c1-7-6-16-10(13-7)14-4-9(5-14)15-3-8(11)2-12-15/h2-3,6,9H,4-5H2,1H3. The predicted octanol–water partition coefficient (Wildman–Crippen LogP) is 2.47. The lowest BCUT2D eigenvalue weighted by Crippen LogP contribution is -2.48. The second-order valence-electron chi connectivity index (χ2n) is 3.97. The van der Waals surface area contributed by atoms with E-state index in [1.807, 2.05) is 24.0 Å². The Morgan fingerprint density at radius 1 is 1.50 bits per heavy atom. The van der Waals surface area contributed by atoms with E-state index in [1.165, 1.54) is 0 Å². The van der Waals surface area contributed by atoms with E-state index in [0.717, 1.165) is 28.4 Å². The summed E-state index contributed by atoms with van der Waals surface area (Å²) in [6, 6.07) is 0.482. The molecule has 2 aromatic heterocycles. The largest absolute Gasteiger partial charge is 0.344 e. The molecule has 0 radical (unpaired) electrons. The number of hydrogen-bond acceptors (Lipinski definition) is 4. The molecule has 1 fully saturated rings. The van der Waals surface area contributed by atoms with Crippen molar-refractivity contribution in [2.45, 2.75) is 13.0 Å². The molecule has 0 bridgehead atoms. The van der Waals surface area contributed by atoms with Crippen LogP contribution in [0.5, 0.6) is 0 Å². The maximum atomic E-state index is 4.47. The van der Waals surface area contributed by atoms with E-state index < -0.39 is 0 Å². The summed E-state index contributed by atoms with van der Waals surface area (Å²) in [6.07, 6.45) is 3.85. The molecule has 0 N–H and O–H groups in total. The van der Waals surface area contributed by atoms with Crippen molar-refractivity contribution in [3.05, 3.63) is 27.9 Å². The third kappa shape index (κ3) is 1.76. The number of thiazole rings is 1. The number of aryl methyl sites for hydroxylation is 1. The minimum atomic E-state index is 0.482. The molecule has 0 saturated carbocycles. The smallest absolute Gasteiger partial charge is 0.185 e. The van der Waals surface area contributed by atoms with E-state index in [-0.39, 0.29) is 0 Å². The molecule has 1 saturated heterocycles. The summed E-state index contributed by atoms with van der Waals surface area (Å²) in [6.45, 7) is 4.03. The molecule has 0 unspecified atom stereocenters. The molecular weight excluding hydrogens is 288 g/mol. The molecule has 4 nitrogen and oxygen atoms in total. The summed E-state index contributed by atoms with van der Waals surface area (Å²) < 4.78 is 3.05. The summed E-state index contributed by atoms with van der Waals surface area (Å²) in [4.78, 5) is 6.76. The monoisotopic (exact) mass is 298 g/mol. The molecule has 0 aromatic carbocycles. The number of anilines is 1. The lowest BCUT2D eigenvalue weighted by Gasteiger charge is -2.38. The van der Waals surface area contributed by atoms with E-state index >= 15 is 0 Å². The Balaban J connectivity index is 1.66. The summed E-state index contributed by atoms with van der Waals surface area (Å²) in [5, 5.41) is 7.51. The van der Waals surface area contributed by atoms with Gasteiger partial charge in [-0.3, -0.25) is 4.68 Å². The molecular formula is C10H11BrN4S. The highest BCUT2D eigenvalue weighted by atomic mass is 79.9. The molecule has 0 aliphatic carbocycles. The van der Waals surface area contributed by atoms with Gasteiger partial charge in [-0.15, -0.1) is 11.3 Å². The van der Waals surface area contributed by atoms with Gasteiger partial charge in [-0.2, -0.15) is 5.10 Å². The predicted molar refractivity (Wildman–Crippen MR) is 68.0 cm³/mol.